The number of aromatic nitrogens is 1. The van der Waals surface area contributed by atoms with E-state index in [0.29, 0.717) is 42.1 Å². The van der Waals surface area contributed by atoms with Crippen LogP contribution in [0.3, 0.4) is 0 Å². The predicted molar refractivity (Wildman–Crippen MR) is 137 cm³/mol. The van der Waals surface area contributed by atoms with Gasteiger partial charge in [0.05, 0.1) is 22.4 Å². The third kappa shape index (κ3) is 4.98. The van der Waals surface area contributed by atoms with Gasteiger partial charge in [-0.15, -0.1) is 0 Å². The second-order valence-corrected chi connectivity index (χ2v) is 11.8. The van der Waals surface area contributed by atoms with E-state index in [0.717, 1.165) is 24.1 Å². The van der Waals surface area contributed by atoms with Crippen LogP contribution >= 0.6 is 0 Å². The number of nitrogens with one attached hydrogen (secondary N) is 1. The first-order chi connectivity index (χ1) is 17.8. The molecule has 1 aromatic heterocycles. The number of hydrogen-bond donors (Lipinski definition) is 1. The molecule has 194 valence electrons. The maximum atomic E-state index is 13.5. The zero-order valence-corrected chi connectivity index (χ0v) is 21.6. The third-order valence-electron chi connectivity index (χ3n) is 7.56. The van der Waals surface area contributed by atoms with Gasteiger partial charge in [-0.05, 0) is 74.8 Å². The summed E-state index contributed by atoms with van der Waals surface area (Å²) in [7, 11) is -3.87. The van der Waals surface area contributed by atoms with Gasteiger partial charge >= 0.3 is 0 Å². The largest absolute Gasteiger partial charge is 0.545 e. The fourth-order valence-electron chi connectivity index (χ4n) is 5.46. The number of aromatic carboxylic acids is 1. The number of nitrogens with zero attached hydrogens (tertiary/aromatic N) is 2. The normalized spacial score (nSPS) is 17.8. The van der Waals surface area contributed by atoms with Gasteiger partial charge in [0.15, 0.2) is 0 Å². The van der Waals surface area contributed by atoms with Gasteiger partial charge < -0.3 is 15.2 Å². The van der Waals surface area contributed by atoms with Crippen LogP contribution in [0.1, 0.15) is 65.8 Å². The molecule has 8 nitrogen and oxygen atoms in total. The lowest BCUT2D eigenvalue weighted by Gasteiger charge is -2.31. The van der Waals surface area contributed by atoms with Crippen molar-refractivity contribution in [2.45, 2.75) is 56.4 Å². The molecule has 1 unspecified atom stereocenters. The molecule has 0 bridgehead atoms. The Bertz CT molecular complexity index is 1450. The van der Waals surface area contributed by atoms with Crippen molar-refractivity contribution in [2.24, 2.45) is 5.92 Å². The van der Waals surface area contributed by atoms with E-state index >= 15 is 0 Å². The molecule has 1 fully saturated rings. The van der Waals surface area contributed by atoms with E-state index in [-0.39, 0.29) is 41.4 Å². The first kappa shape index (κ1) is 25.4. The van der Waals surface area contributed by atoms with E-state index in [1.165, 1.54) is 16.4 Å². The average molecular weight is 521 g/mol. The number of carbonyl (C=O) groups is 2. The van der Waals surface area contributed by atoms with Gasteiger partial charge in [-0.3, -0.25) is 9.78 Å². The minimum atomic E-state index is -3.87. The summed E-state index contributed by atoms with van der Waals surface area (Å²) in [6.45, 7) is 2.36. The zero-order valence-electron chi connectivity index (χ0n) is 20.8. The number of carbonyl (C=O) groups excluding carboxylic acids is 2. The van der Waals surface area contributed by atoms with Gasteiger partial charge in [0.25, 0.3) is 0 Å². The highest BCUT2D eigenvalue weighted by Gasteiger charge is 2.33. The minimum absolute atomic E-state index is 0.0284. The Morgan fingerprint density at radius 1 is 1.05 bits per heavy atom. The van der Waals surface area contributed by atoms with Gasteiger partial charge in [0.1, 0.15) is 0 Å². The van der Waals surface area contributed by atoms with Crippen LogP contribution < -0.4 is 10.4 Å². The summed E-state index contributed by atoms with van der Waals surface area (Å²) in [4.78, 5) is 29.6. The molecule has 0 spiro atoms. The summed E-state index contributed by atoms with van der Waals surface area (Å²) in [5, 5.41) is 15.4. The van der Waals surface area contributed by atoms with Crippen molar-refractivity contribution in [3.8, 4) is 0 Å². The fraction of sp³-hybridized carbons (Fsp3) is 0.393. The minimum Gasteiger partial charge on any atom is -0.545 e. The Labute approximate surface area is 216 Å². The molecular weight excluding hydrogens is 490 g/mol. The third-order valence-corrected chi connectivity index (χ3v) is 9.45. The smallest absolute Gasteiger partial charge is 0.243 e. The van der Waals surface area contributed by atoms with Crippen LogP contribution in [0.4, 0.5) is 0 Å². The van der Waals surface area contributed by atoms with Gasteiger partial charge in [0, 0.05) is 35.7 Å². The van der Waals surface area contributed by atoms with Gasteiger partial charge in [-0.25, -0.2) is 8.42 Å². The Balaban J connectivity index is 1.33. The molecule has 1 N–H and O–H groups in total. The number of hydrogen-bond acceptors (Lipinski definition) is 6. The highest BCUT2D eigenvalue weighted by molar-refractivity contribution is 7.89. The lowest BCUT2D eigenvalue weighted by molar-refractivity contribution is -0.254. The van der Waals surface area contributed by atoms with Crippen LogP contribution in [0.2, 0.25) is 0 Å². The van der Waals surface area contributed by atoms with Gasteiger partial charge in [-0.2, -0.15) is 4.31 Å². The molecule has 1 atom stereocenters. The lowest BCUT2D eigenvalue weighted by Crippen LogP contribution is -2.43. The van der Waals surface area contributed by atoms with Gasteiger partial charge in [0.2, 0.25) is 15.9 Å². The van der Waals surface area contributed by atoms with Crippen molar-refractivity contribution in [3.05, 3.63) is 70.9 Å². The number of sulfonamides is 1. The average Bonchev–Trinajstić information content (AvgIpc) is 2.91. The van der Waals surface area contributed by atoms with Crippen LogP contribution in [-0.2, 0) is 27.7 Å². The predicted octanol–water partition coefficient (Wildman–Crippen LogP) is 2.76. The molecule has 2 aromatic carbocycles. The molecule has 1 saturated heterocycles. The van der Waals surface area contributed by atoms with E-state index in [2.05, 4.69) is 10.3 Å². The van der Waals surface area contributed by atoms with Crippen LogP contribution in [0.5, 0.6) is 0 Å². The highest BCUT2D eigenvalue weighted by atomic mass is 32.2. The van der Waals surface area contributed by atoms with E-state index < -0.39 is 16.0 Å². The van der Waals surface area contributed by atoms with Crippen molar-refractivity contribution in [1.29, 1.82) is 0 Å². The standard InChI is InChI=1S/C28H31N3O5S/c1-18(19-7-3-2-4-8-19)29-27(32)20-13-15-31(16-14-20)37(35,36)21-11-12-25-23(17-21)26(28(33)34)22-9-5-6-10-24(22)30-25/h2-4,7-8,11-12,17-18,20H,5-6,9-10,13-16H2,1H3,(H,29,32)(H,33,34)/p-1. The zero-order chi connectivity index (χ0) is 26.2. The number of amides is 1. The maximum Gasteiger partial charge on any atom is 0.243 e. The number of carboxylic acids is 1. The Kier molecular flexibility index (Phi) is 7.00. The molecule has 5 rings (SSSR count). The van der Waals surface area contributed by atoms with Gasteiger partial charge in [-0.1, -0.05) is 30.3 Å². The van der Waals surface area contributed by atoms with Crippen molar-refractivity contribution in [1.82, 2.24) is 14.6 Å². The first-order valence-corrected chi connectivity index (χ1v) is 14.2. The highest BCUT2D eigenvalue weighted by Crippen LogP contribution is 2.32. The molecule has 2 heterocycles. The Morgan fingerprint density at radius 3 is 2.46 bits per heavy atom. The number of pyridine rings is 1. The summed E-state index contributed by atoms with van der Waals surface area (Å²) in [5.74, 6) is -1.65. The van der Waals surface area contributed by atoms with Crippen molar-refractivity contribution < 1.29 is 23.1 Å². The number of carboxylic acid groups (broad SMARTS) is 1. The number of aryl methyl sites for hydroxylation is 1. The molecule has 1 aliphatic carbocycles. The lowest BCUT2D eigenvalue weighted by atomic mass is 9.90. The molecule has 0 radical (unpaired) electrons. The van der Waals surface area contributed by atoms with E-state index in [1.54, 1.807) is 6.07 Å². The second-order valence-electron chi connectivity index (χ2n) is 9.90. The Morgan fingerprint density at radius 2 is 1.76 bits per heavy atom. The van der Waals surface area contributed by atoms with E-state index in [9.17, 15) is 23.1 Å². The molecule has 37 heavy (non-hydrogen) atoms. The number of rotatable bonds is 6. The summed E-state index contributed by atoms with van der Waals surface area (Å²) in [6.07, 6.45) is 3.95. The summed E-state index contributed by atoms with van der Waals surface area (Å²) < 4.78 is 28.3. The number of benzene rings is 2. The topological polar surface area (TPSA) is 120 Å². The Hall–Kier alpha value is -3.30. The van der Waals surface area contributed by atoms with E-state index in [1.807, 2.05) is 37.3 Å². The summed E-state index contributed by atoms with van der Waals surface area (Å²) in [6, 6.07) is 14.0. The SMILES string of the molecule is CC(NC(=O)C1CCN(S(=O)(=O)c2ccc3nc4c(c(C(=O)[O-])c3c2)CCCC4)CC1)c1ccccc1. The molecule has 1 amide bonds. The van der Waals surface area contributed by atoms with Crippen LogP contribution in [0, 0.1) is 5.92 Å². The quantitative estimate of drug-likeness (QED) is 0.534. The molecule has 9 heteroatoms. The summed E-state index contributed by atoms with van der Waals surface area (Å²) >= 11 is 0. The molecule has 1 aliphatic heterocycles. The van der Waals surface area contributed by atoms with Crippen LogP contribution in [0.15, 0.2) is 53.4 Å². The molecule has 0 saturated carbocycles. The second kappa shape index (κ2) is 10.2. The molecular formula is C28H30N3O5S-. The van der Waals surface area contributed by atoms with Crippen LogP contribution in [-0.4, -0.2) is 42.7 Å². The van der Waals surface area contributed by atoms with E-state index in [4.69, 9.17) is 0 Å². The van der Waals surface area contributed by atoms with Crippen molar-refractivity contribution in [2.75, 3.05) is 13.1 Å². The van der Waals surface area contributed by atoms with Crippen molar-refractivity contribution >= 4 is 32.8 Å². The fourth-order valence-corrected chi connectivity index (χ4v) is 6.96. The van der Waals surface area contributed by atoms with Crippen molar-refractivity contribution in [3.63, 3.8) is 0 Å². The monoisotopic (exact) mass is 520 g/mol. The summed E-state index contributed by atoms with van der Waals surface area (Å²) in [5.41, 5.74) is 2.94. The number of fused-ring (bicyclic) bond motifs is 2. The molecule has 3 aromatic rings. The first-order valence-electron chi connectivity index (χ1n) is 12.8. The number of piperidine rings is 1. The molecule has 2 aliphatic rings. The maximum absolute atomic E-state index is 13.5. The van der Waals surface area contributed by atoms with Crippen LogP contribution in [0.25, 0.3) is 10.9 Å².